The Bertz CT molecular complexity index is 561. The molecule has 0 aliphatic carbocycles. The summed E-state index contributed by atoms with van der Waals surface area (Å²) in [6.45, 7) is 5.48. The van der Waals surface area contributed by atoms with Gasteiger partial charge in [-0.05, 0) is 19.1 Å². The number of rotatable bonds is 4. The van der Waals surface area contributed by atoms with E-state index in [1.165, 1.54) is 0 Å². The number of nitrogens with zero attached hydrogens (tertiary/aromatic N) is 2. The summed E-state index contributed by atoms with van der Waals surface area (Å²) in [5.41, 5.74) is 4.12. The van der Waals surface area contributed by atoms with Crippen molar-refractivity contribution in [2.45, 2.75) is 20.8 Å². The van der Waals surface area contributed by atoms with E-state index < -0.39 is 0 Å². The van der Waals surface area contributed by atoms with Crippen molar-refractivity contribution in [2.75, 3.05) is 0 Å². The summed E-state index contributed by atoms with van der Waals surface area (Å²) < 4.78 is 1.65. The van der Waals surface area contributed by atoms with Gasteiger partial charge in [-0.3, -0.25) is 4.79 Å². The molecule has 0 radical (unpaired) electrons. The molecular formula is C14H17N3O2. The van der Waals surface area contributed by atoms with Crippen molar-refractivity contribution in [3.63, 3.8) is 0 Å². The molecule has 0 saturated heterocycles. The summed E-state index contributed by atoms with van der Waals surface area (Å²) in [4.78, 5) is 16.8. The second-order valence-corrected chi connectivity index (χ2v) is 4.59. The second kappa shape index (κ2) is 5.56. The van der Waals surface area contributed by atoms with Crippen LogP contribution >= 0.6 is 0 Å². The molecule has 1 aromatic carbocycles. The fourth-order valence-corrected chi connectivity index (χ4v) is 1.52. The fourth-order valence-electron chi connectivity index (χ4n) is 1.52. The van der Waals surface area contributed by atoms with Gasteiger partial charge in [-0.2, -0.15) is 15.3 Å². The van der Waals surface area contributed by atoms with E-state index in [4.69, 9.17) is 4.84 Å². The Labute approximate surface area is 112 Å². The minimum absolute atomic E-state index is 0.130. The molecule has 5 nitrogen and oxygen atoms in total. The Morgan fingerprint density at radius 2 is 2.00 bits per heavy atom. The monoisotopic (exact) mass is 259 g/mol. The van der Waals surface area contributed by atoms with Crippen molar-refractivity contribution < 1.29 is 9.63 Å². The van der Waals surface area contributed by atoms with E-state index >= 15 is 0 Å². The SMILES string of the molecule is Cc1cc(ONC(=O)C(C)C)n(-c2ccccc2)n1. The highest BCUT2D eigenvalue weighted by molar-refractivity contribution is 5.76. The molecule has 2 aromatic rings. The number of nitrogens with one attached hydrogen (secondary N) is 1. The first-order valence-electron chi connectivity index (χ1n) is 6.16. The third-order valence-corrected chi connectivity index (χ3v) is 2.58. The lowest BCUT2D eigenvalue weighted by molar-refractivity contribution is -0.130. The van der Waals surface area contributed by atoms with E-state index in [0.29, 0.717) is 5.88 Å². The largest absolute Gasteiger partial charge is 0.359 e. The molecule has 2 rings (SSSR count). The summed E-state index contributed by atoms with van der Waals surface area (Å²) in [6.07, 6.45) is 0. The predicted octanol–water partition coefficient (Wildman–Crippen LogP) is 2.25. The van der Waals surface area contributed by atoms with E-state index in [9.17, 15) is 4.79 Å². The molecule has 100 valence electrons. The molecule has 0 fully saturated rings. The Kier molecular flexibility index (Phi) is 3.85. The van der Waals surface area contributed by atoms with Crippen molar-refractivity contribution in [1.29, 1.82) is 0 Å². The second-order valence-electron chi connectivity index (χ2n) is 4.59. The number of aryl methyl sites for hydroxylation is 1. The van der Waals surface area contributed by atoms with Crippen molar-refractivity contribution in [1.82, 2.24) is 15.3 Å². The molecule has 0 aliphatic rings. The molecule has 1 N–H and O–H groups in total. The van der Waals surface area contributed by atoms with Gasteiger partial charge in [-0.1, -0.05) is 32.0 Å². The summed E-state index contributed by atoms with van der Waals surface area (Å²) in [6, 6.07) is 11.4. The van der Waals surface area contributed by atoms with Crippen LogP contribution in [-0.4, -0.2) is 15.7 Å². The van der Waals surface area contributed by atoms with Gasteiger partial charge in [-0.15, -0.1) is 0 Å². The smallest absolute Gasteiger partial charge is 0.255 e. The Balaban J connectivity index is 2.20. The number of hydroxylamine groups is 1. The van der Waals surface area contributed by atoms with Crippen LogP contribution in [-0.2, 0) is 4.79 Å². The van der Waals surface area contributed by atoms with Gasteiger partial charge in [-0.25, -0.2) is 0 Å². The maximum absolute atomic E-state index is 11.5. The van der Waals surface area contributed by atoms with E-state index in [0.717, 1.165) is 11.4 Å². The highest BCUT2D eigenvalue weighted by Crippen LogP contribution is 2.18. The minimum atomic E-state index is -0.168. The standard InChI is InChI=1S/C14H17N3O2/c1-10(2)14(18)16-19-13-9-11(3)15-17(13)12-7-5-4-6-8-12/h4-10H,1-3H3,(H,16,18). The number of aromatic nitrogens is 2. The zero-order chi connectivity index (χ0) is 13.8. The Morgan fingerprint density at radius 1 is 1.32 bits per heavy atom. The molecule has 0 atom stereocenters. The van der Waals surface area contributed by atoms with Gasteiger partial charge in [0.2, 0.25) is 5.88 Å². The lowest BCUT2D eigenvalue weighted by Gasteiger charge is -2.10. The number of hydrogen-bond acceptors (Lipinski definition) is 3. The van der Waals surface area contributed by atoms with Gasteiger partial charge in [0.15, 0.2) is 0 Å². The third-order valence-electron chi connectivity index (χ3n) is 2.58. The first-order chi connectivity index (χ1) is 9.08. The van der Waals surface area contributed by atoms with Crippen molar-refractivity contribution in [3.8, 4) is 11.6 Å². The summed E-state index contributed by atoms with van der Waals surface area (Å²) >= 11 is 0. The maximum Gasteiger partial charge on any atom is 0.255 e. The molecule has 1 heterocycles. The Morgan fingerprint density at radius 3 is 2.63 bits per heavy atom. The highest BCUT2D eigenvalue weighted by atomic mass is 16.7. The quantitative estimate of drug-likeness (QED) is 0.857. The zero-order valence-electron chi connectivity index (χ0n) is 11.3. The minimum Gasteiger partial charge on any atom is -0.359 e. The van der Waals surface area contributed by atoms with Crippen LogP contribution in [0.4, 0.5) is 0 Å². The van der Waals surface area contributed by atoms with Crippen LogP contribution in [0.1, 0.15) is 19.5 Å². The number of para-hydroxylation sites is 1. The predicted molar refractivity (Wildman–Crippen MR) is 71.9 cm³/mol. The number of amides is 1. The average Bonchev–Trinajstić information content (AvgIpc) is 2.78. The normalized spacial score (nSPS) is 10.5. The molecule has 19 heavy (non-hydrogen) atoms. The van der Waals surface area contributed by atoms with Crippen LogP contribution in [0, 0.1) is 12.8 Å². The van der Waals surface area contributed by atoms with Crippen LogP contribution in [0.25, 0.3) is 5.69 Å². The number of hydrogen-bond donors (Lipinski definition) is 1. The fraction of sp³-hybridized carbons (Fsp3) is 0.286. The van der Waals surface area contributed by atoms with Gasteiger partial charge in [0.05, 0.1) is 11.4 Å². The summed E-state index contributed by atoms with van der Waals surface area (Å²) in [5.74, 6) is 0.186. The van der Waals surface area contributed by atoms with Crippen molar-refractivity contribution >= 4 is 5.91 Å². The maximum atomic E-state index is 11.5. The molecule has 0 unspecified atom stereocenters. The third kappa shape index (κ3) is 3.13. The van der Waals surface area contributed by atoms with Gasteiger partial charge in [0.25, 0.3) is 5.91 Å². The number of carbonyl (C=O) groups is 1. The molecule has 5 heteroatoms. The van der Waals surface area contributed by atoms with Crippen molar-refractivity contribution in [2.24, 2.45) is 5.92 Å². The van der Waals surface area contributed by atoms with Gasteiger partial charge in [0, 0.05) is 12.0 Å². The molecule has 0 bridgehead atoms. The van der Waals surface area contributed by atoms with Crippen LogP contribution in [0.3, 0.4) is 0 Å². The van der Waals surface area contributed by atoms with E-state index in [2.05, 4.69) is 10.6 Å². The van der Waals surface area contributed by atoms with Crippen LogP contribution < -0.4 is 10.3 Å². The van der Waals surface area contributed by atoms with Crippen LogP contribution in [0.2, 0.25) is 0 Å². The van der Waals surface area contributed by atoms with E-state index in [1.807, 2.05) is 37.3 Å². The molecule has 0 aliphatic heterocycles. The van der Waals surface area contributed by atoms with Crippen molar-refractivity contribution in [3.05, 3.63) is 42.1 Å². The summed E-state index contributed by atoms with van der Waals surface area (Å²) in [7, 11) is 0. The molecular weight excluding hydrogens is 242 g/mol. The average molecular weight is 259 g/mol. The number of carbonyl (C=O) groups excluding carboxylic acids is 1. The first kappa shape index (κ1) is 13.1. The Hall–Kier alpha value is -2.30. The summed E-state index contributed by atoms with van der Waals surface area (Å²) in [5, 5.41) is 4.34. The molecule has 0 spiro atoms. The van der Waals surface area contributed by atoms with Crippen LogP contribution in [0.15, 0.2) is 36.4 Å². The molecule has 1 aromatic heterocycles. The lowest BCUT2D eigenvalue weighted by Crippen LogP contribution is -2.31. The molecule has 1 amide bonds. The van der Waals surface area contributed by atoms with E-state index in [-0.39, 0.29) is 11.8 Å². The van der Waals surface area contributed by atoms with Gasteiger partial charge >= 0.3 is 0 Å². The van der Waals surface area contributed by atoms with E-state index in [1.54, 1.807) is 24.6 Å². The molecule has 0 saturated carbocycles. The van der Waals surface area contributed by atoms with Gasteiger partial charge in [0.1, 0.15) is 0 Å². The van der Waals surface area contributed by atoms with Gasteiger partial charge < -0.3 is 4.84 Å². The topological polar surface area (TPSA) is 56.1 Å². The van der Waals surface area contributed by atoms with Crippen LogP contribution in [0.5, 0.6) is 5.88 Å². The highest BCUT2D eigenvalue weighted by Gasteiger charge is 2.12. The zero-order valence-corrected chi connectivity index (χ0v) is 11.3. The first-order valence-corrected chi connectivity index (χ1v) is 6.16. The lowest BCUT2D eigenvalue weighted by atomic mass is 10.2. The number of benzene rings is 1.